The number of carbonyl (C=O) groups is 1. The van der Waals surface area contributed by atoms with Crippen molar-refractivity contribution < 1.29 is 14.6 Å². The monoisotopic (exact) mass is 243 g/mol. The highest BCUT2D eigenvalue weighted by Gasteiger charge is 2.12. The second-order valence-corrected chi connectivity index (χ2v) is 3.90. The number of aromatic carboxylic acids is 1. The van der Waals surface area contributed by atoms with Gasteiger partial charge in [-0.1, -0.05) is 30.3 Å². The van der Waals surface area contributed by atoms with Crippen molar-refractivity contribution in [2.75, 3.05) is 0 Å². The summed E-state index contributed by atoms with van der Waals surface area (Å²) in [5.74, 6) is -0.722. The Morgan fingerprint density at radius 1 is 1.33 bits per heavy atom. The number of aromatic nitrogens is 1. The molecule has 0 spiro atoms. The molecule has 0 amide bonds. The van der Waals surface area contributed by atoms with E-state index in [2.05, 4.69) is 4.98 Å². The van der Waals surface area contributed by atoms with Crippen LogP contribution in [0.15, 0.2) is 42.6 Å². The van der Waals surface area contributed by atoms with Gasteiger partial charge in [0.1, 0.15) is 12.2 Å². The van der Waals surface area contributed by atoms with E-state index in [0.29, 0.717) is 12.3 Å². The van der Waals surface area contributed by atoms with Gasteiger partial charge in [0.05, 0.1) is 6.20 Å². The van der Waals surface area contributed by atoms with E-state index in [1.165, 1.54) is 12.3 Å². The summed E-state index contributed by atoms with van der Waals surface area (Å²) in [4.78, 5) is 15.1. The summed E-state index contributed by atoms with van der Waals surface area (Å²) < 4.78 is 5.50. The molecule has 1 aromatic heterocycles. The highest BCUT2D eigenvalue weighted by Crippen LogP contribution is 2.19. The van der Waals surface area contributed by atoms with E-state index >= 15 is 0 Å². The largest absolute Gasteiger partial charge is 0.486 e. The van der Waals surface area contributed by atoms with E-state index in [-0.39, 0.29) is 11.3 Å². The lowest BCUT2D eigenvalue weighted by Crippen LogP contribution is -2.04. The van der Waals surface area contributed by atoms with Gasteiger partial charge in [0, 0.05) is 5.69 Å². The van der Waals surface area contributed by atoms with E-state index < -0.39 is 5.97 Å². The summed E-state index contributed by atoms with van der Waals surface area (Å²) >= 11 is 0. The highest BCUT2D eigenvalue weighted by atomic mass is 16.5. The minimum atomic E-state index is -1.01. The van der Waals surface area contributed by atoms with Gasteiger partial charge < -0.3 is 9.84 Å². The summed E-state index contributed by atoms with van der Waals surface area (Å²) in [6.07, 6.45) is 1.45. The quantitative estimate of drug-likeness (QED) is 0.896. The number of hydrogen-bond acceptors (Lipinski definition) is 3. The van der Waals surface area contributed by atoms with E-state index in [1.807, 2.05) is 30.3 Å². The molecule has 1 aromatic carbocycles. The molecule has 2 rings (SSSR count). The molecule has 4 heteroatoms. The molecular weight excluding hydrogens is 230 g/mol. The van der Waals surface area contributed by atoms with Crippen LogP contribution in [0.4, 0.5) is 0 Å². The van der Waals surface area contributed by atoms with E-state index in [0.717, 1.165) is 5.56 Å². The number of carboxylic acids is 1. The van der Waals surface area contributed by atoms with Gasteiger partial charge in [-0.3, -0.25) is 4.98 Å². The Hall–Kier alpha value is -2.36. The van der Waals surface area contributed by atoms with Crippen molar-refractivity contribution in [2.45, 2.75) is 13.5 Å². The molecule has 0 atom stereocenters. The van der Waals surface area contributed by atoms with Crippen molar-refractivity contribution in [3.05, 3.63) is 59.4 Å². The molecule has 1 heterocycles. The first-order chi connectivity index (χ1) is 8.66. The normalized spacial score (nSPS) is 10.1. The first-order valence-corrected chi connectivity index (χ1v) is 5.53. The third-order valence-corrected chi connectivity index (χ3v) is 2.47. The molecule has 0 fully saturated rings. The van der Waals surface area contributed by atoms with Crippen molar-refractivity contribution in [1.82, 2.24) is 4.98 Å². The molecular formula is C14H13NO3. The predicted molar refractivity (Wildman–Crippen MR) is 66.7 cm³/mol. The molecule has 0 radical (unpaired) electrons. The van der Waals surface area contributed by atoms with E-state index in [9.17, 15) is 4.79 Å². The standard InChI is InChI=1S/C14H13NO3/c1-10-7-12(14(16)17)13(8-15-10)18-9-11-5-3-2-4-6-11/h2-8H,9H2,1H3,(H,16,17). The molecule has 0 aliphatic rings. The summed E-state index contributed by atoms with van der Waals surface area (Å²) in [6, 6.07) is 11.1. The molecule has 0 saturated carbocycles. The maximum absolute atomic E-state index is 11.1. The lowest BCUT2D eigenvalue weighted by Gasteiger charge is -2.09. The van der Waals surface area contributed by atoms with Crippen LogP contribution in [0.1, 0.15) is 21.6 Å². The van der Waals surface area contributed by atoms with Gasteiger partial charge in [-0.25, -0.2) is 4.79 Å². The SMILES string of the molecule is Cc1cc(C(=O)O)c(OCc2ccccc2)cn1. The molecule has 2 aromatic rings. The Morgan fingerprint density at radius 3 is 2.72 bits per heavy atom. The van der Waals surface area contributed by atoms with Crippen LogP contribution in [0.3, 0.4) is 0 Å². The Kier molecular flexibility index (Phi) is 3.57. The van der Waals surface area contributed by atoms with Gasteiger partial charge in [-0.2, -0.15) is 0 Å². The van der Waals surface area contributed by atoms with Gasteiger partial charge in [-0.15, -0.1) is 0 Å². The fourth-order valence-corrected chi connectivity index (χ4v) is 1.56. The number of rotatable bonds is 4. The first-order valence-electron chi connectivity index (χ1n) is 5.53. The number of nitrogens with zero attached hydrogens (tertiary/aromatic N) is 1. The average Bonchev–Trinajstić information content (AvgIpc) is 2.38. The van der Waals surface area contributed by atoms with Crippen molar-refractivity contribution in [3.63, 3.8) is 0 Å². The molecule has 0 bridgehead atoms. The molecule has 92 valence electrons. The summed E-state index contributed by atoms with van der Waals surface area (Å²) in [5.41, 5.74) is 1.77. The van der Waals surface area contributed by atoms with Crippen LogP contribution in [0.25, 0.3) is 0 Å². The first kappa shape index (κ1) is 12.1. The number of ether oxygens (including phenoxy) is 1. The zero-order chi connectivity index (χ0) is 13.0. The fraction of sp³-hybridized carbons (Fsp3) is 0.143. The van der Waals surface area contributed by atoms with Crippen LogP contribution in [0, 0.1) is 6.92 Å². The van der Waals surface area contributed by atoms with Gasteiger partial charge in [0.15, 0.2) is 5.75 Å². The van der Waals surface area contributed by atoms with Gasteiger partial charge in [-0.05, 0) is 18.6 Å². The number of pyridine rings is 1. The third-order valence-electron chi connectivity index (χ3n) is 2.47. The molecule has 0 aliphatic carbocycles. The van der Waals surface area contributed by atoms with Gasteiger partial charge in [0.2, 0.25) is 0 Å². The molecule has 0 saturated heterocycles. The maximum atomic E-state index is 11.1. The minimum absolute atomic E-state index is 0.137. The molecule has 18 heavy (non-hydrogen) atoms. The van der Waals surface area contributed by atoms with Crippen LogP contribution < -0.4 is 4.74 Å². The van der Waals surface area contributed by atoms with E-state index in [1.54, 1.807) is 6.92 Å². The van der Waals surface area contributed by atoms with Crippen molar-refractivity contribution in [3.8, 4) is 5.75 Å². The summed E-state index contributed by atoms with van der Waals surface area (Å²) in [5, 5.41) is 9.08. The van der Waals surface area contributed by atoms with Crippen LogP contribution in [-0.2, 0) is 6.61 Å². The fourth-order valence-electron chi connectivity index (χ4n) is 1.56. The predicted octanol–water partition coefficient (Wildman–Crippen LogP) is 2.67. The average molecular weight is 243 g/mol. The minimum Gasteiger partial charge on any atom is -0.486 e. The Balaban J connectivity index is 2.17. The highest BCUT2D eigenvalue weighted by molar-refractivity contribution is 5.90. The number of carboxylic acid groups (broad SMARTS) is 1. The van der Waals surface area contributed by atoms with Crippen LogP contribution >= 0.6 is 0 Å². The van der Waals surface area contributed by atoms with Crippen molar-refractivity contribution >= 4 is 5.97 Å². The van der Waals surface area contributed by atoms with Crippen LogP contribution in [-0.4, -0.2) is 16.1 Å². The molecule has 4 nitrogen and oxygen atoms in total. The number of benzene rings is 1. The van der Waals surface area contributed by atoms with Crippen LogP contribution in [0.2, 0.25) is 0 Å². The third kappa shape index (κ3) is 2.85. The number of aryl methyl sites for hydroxylation is 1. The van der Waals surface area contributed by atoms with Crippen molar-refractivity contribution in [2.24, 2.45) is 0 Å². The Morgan fingerprint density at radius 2 is 2.06 bits per heavy atom. The van der Waals surface area contributed by atoms with E-state index in [4.69, 9.17) is 9.84 Å². The van der Waals surface area contributed by atoms with Crippen molar-refractivity contribution in [1.29, 1.82) is 0 Å². The summed E-state index contributed by atoms with van der Waals surface area (Å²) in [6.45, 7) is 2.07. The Bertz CT molecular complexity index is 552. The lowest BCUT2D eigenvalue weighted by atomic mass is 10.2. The Labute approximate surface area is 105 Å². The molecule has 1 N–H and O–H groups in total. The zero-order valence-corrected chi connectivity index (χ0v) is 9.96. The topological polar surface area (TPSA) is 59.4 Å². The number of hydrogen-bond donors (Lipinski definition) is 1. The second kappa shape index (κ2) is 5.31. The lowest BCUT2D eigenvalue weighted by molar-refractivity contribution is 0.0691. The smallest absolute Gasteiger partial charge is 0.339 e. The van der Waals surface area contributed by atoms with Crippen LogP contribution in [0.5, 0.6) is 5.75 Å². The van der Waals surface area contributed by atoms with Gasteiger partial charge in [0.25, 0.3) is 0 Å². The van der Waals surface area contributed by atoms with Gasteiger partial charge >= 0.3 is 5.97 Å². The molecule has 0 aliphatic heterocycles. The molecule has 0 unspecified atom stereocenters. The summed E-state index contributed by atoms with van der Waals surface area (Å²) in [7, 11) is 0. The maximum Gasteiger partial charge on any atom is 0.339 e. The zero-order valence-electron chi connectivity index (χ0n) is 9.96. The second-order valence-electron chi connectivity index (χ2n) is 3.90.